The molecule has 7 heteroatoms. The first kappa shape index (κ1) is 18.6. The molecule has 4 heterocycles. The highest BCUT2D eigenvalue weighted by Crippen LogP contribution is 2.31. The van der Waals surface area contributed by atoms with Crippen LogP contribution in [0.15, 0.2) is 66.0 Å². The highest BCUT2D eigenvalue weighted by Gasteiger charge is 2.19. The third-order valence-electron chi connectivity index (χ3n) is 5.31. The van der Waals surface area contributed by atoms with Crippen molar-refractivity contribution in [3.63, 3.8) is 0 Å². The van der Waals surface area contributed by atoms with E-state index in [0.717, 1.165) is 27.5 Å². The summed E-state index contributed by atoms with van der Waals surface area (Å²) in [6, 6.07) is 11.4. The highest BCUT2D eigenvalue weighted by molar-refractivity contribution is 6.04. The average molecular weight is 407 g/mol. The van der Waals surface area contributed by atoms with Crippen LogP contribution in [0.25, 0.3) is 38.8 Å². The molecule has 0 aliphatic carbocycles. The largest absolute Gasteiger partial charge is 0.479 e. The molecule has 0 N–H and O–H groups in total. The van der Waals surface area contributed by atoms with E-state index in [1.165, 1.54) is 7.11 Å². The van der Waals surface area contributed by atoms with E-state index in [2.05, 4.69) is 20.9 Å². The topological polar surface area (TPSA) is 74.8 Å². The molecule has 5 rings (SSSR count). The quantitative estimate of drug-likeness (QED) is 0.429. The van der Waals surface area contributed by atoms with Crippen molar-refractivity contribution >= 4 is 21.9 Å². The predicted octanol–water partition coefficient (Wildman–Crippen LogP) is 3.32. The predicted molar refractivity (Wildman–Crippen MR) is 119 cm³/mol. The second-order valence-electron chi connectivity index (χ2n) is 7.04. The van der Waals surface area contributed by atoms with Crippen molar-refractivity contribution in [2.75, 3.05) is 7.11 Å². The van der Waals surface area contributed by atoms with Crippen molar-refractivity contribution in [1.82, 2.24) is 24.1 Å². The summed E-state index contributed by atoms with van der Waals surface area (Å²) >= 11 is 0. The summed E-state index contributed by atoms with van der Waals surface area (Å²) in [5, 5.41) is 0.824. The minimum absolute atomic E-state index is 0.211. The lowest BCUT2D eigenvalue weighted by molar-refractivity contribution is 0.396. The lowest BCUT2D eigenvalue weighted by Gasteiger charge is -2.10. The van der Waals surface area contributed by atoms with Gasteiger partial charge >= 0.3 is 5.69 Å². The summed E-state index contributed by atoms with van der Waals surface area (Å²) in [7, 11) is 3.26. The number of aromatic nitrogens is 5. The fraction of sp³-hybridized carbons (Fsp3) is 0.0833. The zero-order valence-corrected chi connectivity index (χ0v) is 16.9. The fourth-order valence-electron chi connectivity index (χ4n) is 3.79. The van der Waals surface area contributed by atoms with E-state index < -0.39 is 0 Å². The molecule has 0 bridgehead atoms. The molecule has 150 valence electrons. The van der Waals surface area contributed by atoms with Gasteiger partial charge in [0.1, 0.15) is 5.69 Å². The van der Waals surface area contributed by atoms with Crippen LogP contribution >= 0.6 is 0 Å². The minimum Gasteiger partial charge on any atom is -0.479 e. The standard InChI is InChI=1S/C24H17N5O2/c1-4-15-10-17(13-25-12-15)16-7-8-19-18(11-16)22-21(14-27-19)28(2)24(30)29(22)20-6-5-9-26-23(20)31-3/h1,5-14H,2-3H3. The highest BCUT2D eigenvalue weighted by atomic mass is 16.5. The first-order valence-corrected chi connectivity index (χ1v) is 9.54. The molecule has 0 fully saturated rings. The summed E-state index contributed by atoms with van der Waals surface area (Å²) in [5.41, 5.74) is 5.06. The molecule has 0 amide bonds. The van der Waals surface area contributed by atoms with Gasteiger partial charge in [0.2, 0.25) is 5.88 Å². The number of terminal acetylenes is 1. The summed E-state index contributed by atoms with van der Waals surface area (Å²) in [5.74, 6) is 2.98. The van der Waals surface area contributed by atoms with Crippen LogP contribution in [-0.4, -0.2) is 31.2 Å². The number of hydrogen-bond donors (Lipinski definition) is 0. The molecule has 0 spiro atoms. The van der Waals surface area contributed by atoms with Gasteiger partial charge in [0.15, 0.2) is 0 Å². The van der Waals surface area contributed by atoms with Crippen LogP contribution in [0, 0.1) is 12.3 Å². The zero-order valence-electron chi connectivity index (χ0n) is 16.9. The van der Waals surface area contributed by atoms with Crippen LogP contribution < -0.4 is 10.4 Å². The van der Waals surface area contributed by atoms with Crippen molar-refractivity contribution in [3.05, 3.63) is 77.2 Å². The van der Waals surface area contributed by atoms with Crippen molar-refractivity contribution in [2.45, 2.75) is 0 Å². The number of hydrogen-bond acceptors (Lipinski definition) is 5. The number of aryl methyl sites for hydroxylation is 1. The smallest absolute Gasteiger partial charge is 0.333 e. The molecular weight excluding hydrogens is 390 g/mol. The summed E-state index contributed by atoms with van der Waals surface area (Å²) < 4.78 is 8.61. The van der Waals surface area contributed by atoms with E-state index in [4.69, 9.17) is 11.2 Å². The summed E-state index contributed by atoms with van der Waals surface area (Å²) in [6.45, 7) is 0. The first-order valence-electron chi connectivity index (χ1n) is 9.54. The number of pyridine rings is 3. The van der Waals surface area contributed by atoms with E-state index in [9.17, 15) is 4.79 Å². The molecule has 31 heavy (non-hydrogen) atoms. The number of rotatable bonds is 3. The molecule has 0 unspecified atom stereocenters. The van der Waals surface area contributed by atoms with Crippen LogP contribution in [-0.2, 0) is 7.05 Å². The molecule has 0 saturated heterocycles. The maximum Gasteiger partial charge on any atom is 0.333 e. The Hall–Kier alpha value is -4.44. The van der Waals surface area contributed by atoms with Crippen LogP contribution in [0.3, 0.4) is 0 Å². The average Bonchev–Trinajstić information content (AvgIpc) is 3.09. The van der Waals surface area contributed by atoms with Gasteiger partial charge in [-0.25, -0.2) is 9.78 Å². The molecule has 5 aromatic rings. The Kier molecular flexibility index (Phi) is 4.26. The Morgan fingerprint density at radius 3 is 2.74 bits per heavy atom. The van der Waals surface area contributed by atoms with Crippen LogP contribution in [0.2, 0.25) is 0 Å². The van der Waals surface area contributed by atoms with Gasteiger partial charge in [-0.15, -0.1) is 6.42 Å². The summed E-state index contributed by atoms with van der Waals surface area (Å²) in [4.78, 5) is 26.3. The van der Waals surface area contributed by atoms with E-state index in [1.807, 2.05) is 30.3 Å². The molecule has 1 aromatic carbocycles. The van der Waals surface area contributed by atoms with E-state index >= 15 is 0 Å². The fourth-order valence-corrected chi connectivity index (χ4v) is 3.79. The van der Waals surface area contributed by atoms with Gasteiger partial charge in [0.05, 0.1) is 29.9 Å². The van der Waals surface area contributed by atoms with E-state index in [1.54, 1.807) is 47.0 Å². The minimum atomic E-state index is -0.211. The molecule has 4 aromatic heterocycles. The van der Waals surface area contributed by atoms with Crippen molar-refractivity contribution in [2.24, 2.45) is 7.05 Å². The second-order valence-corrected chi connectivity index (χ2v) is 7.04. The number of imidazole rings is 1. The van der Waals surface area contributed by atoms with Gasteiger partial charge < -0.3 is 4.74 Å². The zero-order chi connectivity index (χ0) is 21.5. The van der Waals surface area contributed by atoms with Gasteiger partial charge in [-0.1, -0.05) is 12.0 Å². The maximum atomic E-state index is 13.2. The molecule has 0 saturated carbocycles. The Bertz CT molecular complexity index is 1570. The number of fused-ring (bicyclic) bond motifs is 3. The van der Waals surface area contributed by atoms with Crippen LogP contribution in [0.5, 0.6) is 5.88 Å². The molecule has 0 radical (unpaired) electrons. The van der Waals surface area contributed by atoms with E-state index in [0.29, 0.717) is 22.6 Å². The lowest BCUT2D eigenvalue weighted by atomic mass is 10.0. The third kappa shape index (κ3) is 2.85. The Balaban J connectivity index is 1.88. The molecule has 0 aliphatic rings. The number of ether oxygens (including phenoxy) is 1. The Labute approximate surface area is 177 Å². The van der Waals surface area contributed by atoms with Gasteiger partial charge in [-0.3, -0.25) is 19.1 Å². The summed E-state index contributed by atoms with van der Waals surface area (Å²) in [6.07, 6.45) is 12.3. The maximum absolute atomic E-state index is 13.2. The van der Waals surface area contributed by atoms with Crippen molar-refractivity contribution in [3.8, 4) is 35.0 Å². The van der Waals surface area contributed by atoms with Crippen molar-refractivity contribution in [1.29, 1.82) is 0 Å². The third-order valence-corrected chi connectivity index (χ3v) is 5.31. The van der Waals surface area contributed by atoms with Gasteiger partial charge in [-0.2, -0.15) is 0 Å². The van der Waals surface area contributed by atoms with Gasteiger partial charge in [0.25, 0.3) is 0 Å². The molecule has 0 atom stereocenters. The Morgan fingerprint density at radius 1 is 1.06 bits per heavy atom. The SMILES string of the molecule is C#Cc1cncc(-c2ccc3ncc4c(c3c2)n(-c2cccnc2OC)c(=O)n4C)c1. The van der Waals surface area contributed by atoms with E-state index in [-0.39, 0.29) is 5.69 Å². The van der Waals surface area contributed by atoms with Gasteiger partial charge in [-0.05, 0) is 35.9 Å². The van der Waals surface area contributed by atoms with Crippen LogP contribution in [0.1, 0.15) is 5.56 Å². The first-order chi connectivity index (χ1) is 15.1. The lowest BCUT2D eigenvalue weighted by Crippen LogP contribution is -2.21. The van der Waals surface area contributed by atoms with Gasteiger partial charge in [0, 0.05) is 42.2 Å². The molecule has 0 aliphatic heterocycles. The molecule has 7 nitrogen and oxygen atoms in total. The molecular formula is C24H17N5O2. The Morgan fingerprint density at radius 2 is 1.94 bits per heavy atom. The number of benzene rings is 1. The van der Waals surface area contributed by atoms with Crippen LogP contribution in [0.4, 0.5) is 0 Å². The number of nitrogens with zero attached hydrogens (tertiary/aromatic N) is 5. The second kappa shape index (κ2) is 7.11. The number of methoxy groups -OCH3 is 1. The van der Waals surface area contributed by atoms with Crippen molar-refractivity contribution < 1.29 is 4.74 Å². The monoisotopic (exact) mass is 407 g/mol. The normalized spacial score (nSPS) is 11.0.